The standard InChI is InChI=1S/C21H20N4O/c26-21(22-12-20-24-18-7-3-4-8-19(18)25-20)13-9-10-17-15(11-13)14-5-1-2-6-16(14)23-17/h3-4,7-11,23H,1-2,5-6,12H2,(H,22,26)(H,24,25). The maximum atomic E-state index is 12.6. The predicted molar refractivity (Wildman–Crippen MR) is 102 cm³/mol. The van der Waals surface area contributed by atoms with Gasteiger partial charge in [-0.2, -0.15) is 0 Å². The fourth-order valence-corrected chi connectivity index (χ4v) is 3.90. The van der Waals surface area contributed by atoms with Crippen molar-refractivity contribution in [2.75, 3.05) is 0 Å². The molecule has 0 radical (unpaired) electrons. The van der Waals surface area contributed by atoms with Crippen LogP contribution in [0.5, 0.6) is 0 Å². The van der Waals surface area contributed by atoms with Crippen LogP contribution in [0.1, 0.15) is 40.3 Å². The molecule has 0 atom stereocenters. The number of aromatic amines is 2. The summed E-state index contributed by atoms with van der Waals surface area (Å²) in [5, 5.41) is 4.16. The Morgan fingerprint density at radius 1 is 1.04 bits per heavy atom. The van der Waals surface area contributed by atoms with Crippen molar-refractivity contribution in [3.63, 3.8) is 0 Å². The number of para-hydroxylation sites is 2. The van der Waals surface area contributed by atoms with Crippen LogP contribution in [0.3, 0.4) is 0 Å². The minimum atomic E-state index is -0.0712. The molecule has 2 aromatic carbocycles. The van der Waals surface area contributed by atoms with Gasteiger partial charge in [0.1, 0.15) is 5.82 Å². The van der Waals surface area contributed by atoms with E-state index in [1.54, 1.807) is 0 Å². The van der Waals surface area contributed by atoms with Gasteiger partial charge in [-0.15, -0.1) is 0 Å². The lowest BCUT2D eigenvalue weighted by atomic mass is 9.95. The van der Waals surface area contributed by atoms with E-state index in [0.717, 1.165) is 35.2 Å². The van der Waals surface area contributed by atoms with Crippen LogP contribution < -0.4 is 5.32 Å². The van der Waals surface area contributed by atoms with Crippen molar-refractivity contribution >= 4 is 27.8 Å². The van der Waals surface area contributed by atoms with Gasteiger partial charge in [0.25, 0.3) is 5.91 Å². The van der Waals surface area contributed by atoms with Crippen molar-refractivity contribution < 1.29 is 4.79 Å². The third-order valence-corrected chi connectivity index (χ3v) is 5.22. The lowest BCUT2D eigenvalue weighted by Crippen LogP contribution is -2.23. The van der Waals surface area contributed by atoms with Crippen molar-refractivity contribution in [1.82, 2.24) is 20.3 Å². The van der Waals surface area contributed by atoms with E-state index in [-0.39, 0.29) is 5.91 Å². The number of nitrogens with one attached hydrogen (secondary N) is 3. The summed E-state index contributed by atoms with van der Waals surface area (Å²) in [6.07, 6.45) is 4.67. The summed E-state index contributed by atoms with van der Waals surface area (Å²) in [6, 6.07) is 13.8. The second kappa shape index (κ2) is 6.02. The molecule has 0 saturated heterocycles. The number of aryl methyl sites for hydroxylation is 2. The molecular formula is C21H20N4O. The van der Waals surface area contributed by atoms with Gasteiger partial charge in [0.15, 0.2) is 0 Å². The molecule has 1 aliphatic rings. The number of H-pyrrole nitrogens is 2. The highest BCUT2D eigenvalue weighted by atomic mass is 16.1. The van der Waals surface area contributed by atoms with Crippen LogP contribution in [-0.4, -0.2) is 20.9 Å². The quantitative estimate of drug-likeness (QED) is 0.528. The largest absolute Gasteiger partial charge is 0.358 e. The van der Waals surface area contributed by atoms with Crippen molar-refractivity contribution in [3.8, 4) is 0 Å². The van der Waals surface area contributed by atoms with Crippen molar-refractivity contribution in [3.05, 3.63) is 65.1 Å². The van der Waals surface area contributed by atoms with Crippen molar-refractivity contribution in [2.24, 2.45) is 0 Å². The van der Waals surface area contributed by atoms with E-state index < -0.39 is 0 Å². The minimum absolute atomic E-state index is 0.0712. The number of hydrogen-bond acceptors (Lipinski definition) is 2. The van der Waals surface area contributed by atoms with Crippen LogP contribution in [0.25, 0.3) is 21.9 Å². The maximum Gasteiger partial charge on any atom is 0.251 e. The number of hydrogen-bond donors (Lipinski definition) is 3. The third kappa shape index (κ3) is 2.56. The molecule has 3 N–H and O–H groups in total. The first-order valence-electron chi connectivity index (χ1n) is 9.13. The van der Waals surface area contributed by atoms with Gasteiger partial charge in [0, 0.05) is 22.2 Å². The van der Waals surface area contributed by atoms with Gasteiger partial charge >= 0.3 is 0 Å². The summed E-state index contributed by atoms with van der Waals surface area (Å²) >= 11 is 0. The molecule has 5 nitrogen and oxygen atoms in total. The number of carbonyl (C=O) groups excluding carboxylic acids is 1. The number of benzene rings is 2. The number of nitrogens with zero attached hydrogens (tertiary/aromatic N) is 1. The fourth-order valence-electron chi connectivity index (χ4n) is 3.90. The molecule has 130 valence electrons. The van der Waals surface area contributed by atoms with Gasteiger partial charge in [-0.25, -0.2) is 4.98 Å². The van der Waals surface area contributed by atoms with Gasteiger partial charge in [0.05, 0.1) is 17.6 Å². The first-order valence-corrected chi connectivity index (χ1v) is 9.13. The van der Waals surface area contributed by atoms with E-state index in [4.69, 9.17) is 0 Å². The van der Waals surface area contributed by atoms with E-state index >= 15 is 0 Å². The summed E-state index contributed by atoms with van der Waals surface area (Å²) < 4.78 is 0. The van der Waals surface area contributed by atoms with E-state index in [2.05, 4.69) is 20.3 Å². The first kappa shape index (κ1) is 15.2. The molecule has 0 unspecified atom stereocenters. The second-order valence-electron chi connectivity index (χ2n) is 6.93. The topological polar surface area (TPSA) is 73.6 Å². The van der Waals surface area contributed by atoms with E-state index in [0.29, 0.717) is 12.1 Å². The molecule has 1 amide bonds. The molecule has 0 spiro atoms. The van der Waals surface area contributed by atoms with Crippen LogP contribution in [0, 0.1) is 0 Å². The zero-order valence-electron chi connectivity index (χ0n) is 14.4. The predicted octanol–water partition coefficient (Wildman–Crippen LogP) is 3.85. The van der Waals surface area contributed by atoms with Crippen LogP contribution in [-0.2, 0) is 19.4 Å². The van der Waals surface area contributed by atoms with Gasteiger partial charge in [-0.3, -0.25) is 4.79 Å². The second-order valence-corrected chi connectivity index (χ2v) is 6.93. The van der Waals surface area contributed by atoms with E-state index in [1.807, 2.05) is 42.5 Å². The molecule has 4 aromatic rings. The van der Waals surface area contributed by atoms with E-state index in [9.17, 15) is 4.79 Å². The molecule has 0 fully saturated rings. The molecule has 0 bridgehead atoms. The Hall–Kier alpha value is -3.08. The monoisotopic (exact) mass is 344 g/mol. The highest BCUT2D eigenvalue weighted by Gasteiger charge is 2.17. The molecule has 5 rings (SSSR count). The molecule has 1 aliphatic carbocycles. The van der Waals surface area contributed by atoms with Crippen LogP contribution in [0.4, 0.5) is 0 Å². The summed E-state index contributed by atoms with van der Waals surface area (Å²) in [6.45, 7) is 0.386. The lowest BCUT2D eigenvalue weighted by Gasteiger charge is -2.10. The zero-order chi connectivity index (χ0) is 17.5. The Morgan fingerprint density at radius 2 is 1.92 bits per heavy atom. The molecule has 5 heteroatoms. The molecule has 26 heavy (non-hydrogen) atoms. The Balaban J connectivity index is 1.37. The highest BCUT2D eigenvalue weighted by molar-refractivity contribution is 5.99. The Morgan fingerprint density at radius 3 is 2.85 bits per heavy atom. The summed E-state index contributed by atoms with van der Waals surface area (Å²) in [5.74, 6) is 0.692. The number of carbonyl (C=O) groups is 1. The SMILES string of the molecule is O=C(NCc1nc2ccccc2[nH]1)c1ccc2[nH]c3c(c2c1)CCCC3. The van der Waals surface area contributed by atoms with E-state index in [1.165, 1.54) is 29.5 Å². The number of rotatable bonds is 3. The average molecular weight is 344 g/mol. The average Bonchev–Trinajstić information content (AvgIpc) is 3.26. The van der Waals surface area contributed by atoms with Crippen molar-refractivity contribution in [2.45, 2.75) is 32.2 Å². The summed E-state index contributed by atoms with van der Waals surface area (Å²) in [7, 11) is 0. The fraction of sp³-hybridized carbons (Fsp3) is 0.238. The Kier molecular flexibility index (Phi) is 3.52. The molecule has 2 heterocycles. The van der Waals surface area contributed by atoms with Crippen LogP contribution in [0.15, 0.2) is 42.5 Å². The maximum absolute atomic E-state index is 12.6. The Labute approximate surface area is 150 Å². The van der Waals surface area contributed by atoms with Gasteiger partial charge in [0.2, 0.25) is 0 Å². The van der Waals surface area contributed by atoms with Crippen LogP contribution in [0.2, 0.25) is 0 Å². The molecule has 0 aliphatic heterocycles. The highest BCUT2D eigenvalue weighted by Crippen LogP contribution is 2.29. The summed E-state index contributed by atoms with van der Waals surface area (Å²) in [5.41, 5.74) is 6.45. The molecule has 0 saturated carbocycles. The molecule has 2 aromatic heterocycles. The van der Waals surface area contributed by atoms with Gasteiger partial charge < -0.3 is 15.3 Å². The minimum Gasteiger partial charge on any atom is -0.358 e. The first-order chi connectivity index (χ1) is 12.8. The van der Waals surface area contributed by atoms with Crippen molar-refractivity contribution in [1.29, 1.82) is 0 Å². The third-order valence-electron chi connectivity index (χ3n) is 5.22. The molecular weight excluding hydrogens is 324 g/mol. The lowest BCUT2D eigenvalue weighted by molar-refractivity contribution is 0.0950. The zero-order valence-corrected chi connectivity index (χ0v) is 14.4. The van der Waals surface area contributed by atoms with Gasteiger partial charge in [-0.1, -0.05) is 12.1 Å². The number of amides is 1. The smallest absolute Gasteiger partial charge is 0.251 e. The van der Waals surface area contributed by atoms with Gasteiger partial charge in [-0.05, 0) is 61.6 Å². The number of imidazole rings is 1. The van der Waals surface area contributed by atoms with Crippen LogP contribution >= 0.6 is 0 Å². The normalized spacial score (nSPS) is 13.8. The Bertz CT molecular complexity index is 1090. The number of aromatic nitrogens is 3. The number of fused-ring (bicyclic) bond motifs is 4. The summed E-state index contributed by atoms with van der Waals surface area (Å²) in [4.78, 5) is 23.9.